The van der Waals surface area contributed by atoms with Crippen LogP contribution in [0, 0.1) is 31.1 Å². The molecular formula is C12H18N4O. The van der Waals surface area contributed by atoms with Gasteiger partial charge in [0.05, 0.1) is 5.56 Å². The third-order valence-electron chi connectivity index (χ3n) is 3.11. The number of nitriles is 1. The van der Waals surface area contributed by atoms with Gasteiger partial charge in [-0.25, -0.2) is 0 Å². The van der Waals surface area contributed by atoms with Crippen LogP contribution in [0.2, 0.25) is 0 Å². The molecular weight excluding hydrogens is 216 g/mol. The van der Waals surface area contributed by atoms with E-state index in [1.54, 1.807) is 4.57 Å². The van der Waals surface area contributed by atoms with Gasteiger partial charge in [-0.15, -0.1) is 0 Å². The number of carbonyl (C=O) groups is 1. The summed E-state index contributed by atoms with van der Waals surface area (Å²) in [6, 6.07) is 1.54. The van der Waals surface area contributed by atoms with Gasteiger partial charge in [-0.05, 0) is 25.3 Å². The van der Waals surface area contributed by atoms with Crippen molar-refractivity contribution in [3.05, 3.63) is 16.8 Å². The highest BCUT2D eigenvalue weighted by molar-refractivity contribution is 5.80. The highest BCUT2D eigenvalue weighted by Gasteiger charge is 2.27. The van der Waals surface area contributed by atoms with E-state index < -0.39 is 11.9 Å². The smallest absolute Gasteiger partial charge is 0.240 e. The second-order valence-corrected chi connectivity index (χ2v) is 4.54. The minimum Gasteiger partial charge on any atom is -0.384 e. The molecule has 1 heterocycles. The van der Waals surface area contributed by atoms with Gasteiger partial charge in [0.25, 0.3) is 0 Å². The van der Waals surface area contributed by atoms with E-state index in [-0.39, 0.29) is 5.92 Å². The average Bonchev–Trinajstić information content (AvgIpc) is 2.42. The summed E-state index contributed by atoms with van der Waals surface area (Å²) in [5.74, 6) is -0.0962. The molecule has 0 fully saturated rings. The number of hydrogen-bond acceptors (Lipinski definition) is 3. The van der Waals surface area contributed by atoms with Crippen molar-refractivity contribution in [1.29, 1.82) is 5.26 Å². The van der Waals surface area contributed by atoms with Crippen molar-refractivity contribution in [3.63, 3.8) is 0 Å². The molecule has 0 aliphatic rings. The Labute approximate surface area is 101 Å². The van der Waals surface area contributed by atoms with E-state index in [2.05, 4.69) is 6.07 Å². The zero-order chi connectivity index (χ0) is 13.3. The number of nitrogens with two attached hydrogens (primary N) is 2. The molecule has 1 aromatic heterocycles. The SMILES string of the molecule is Cc1c(C#N)c(N)n(C(C(N)=O)C(C)C)c1C. The molecule has 0 bridgehead atoms. The molecule has 0 radical (unpaired) electrons. The molecule has 92 valence electrons. The summed E-state index contributed by atoms with van der Waals surface area (Å²) < 4.78 is 1.67. The summed E-state index contributed by atoms with van der Waals surface area (Å²) in [5.41, 5.74) is 13.4. The molecule has 0 spiro atoms. The molecule has 4 N–H and O–H groups in total. The van der Waals surface area contributed by atoms with Gasteiger partial charge in [0, 0.05) is 5.69 Å². The Morgan fingerprint density at radius 2 is 1.94 bits per heavy atom. The number of nitrogens with zero attached hydrogens (tertiary/aromatic N) is 2. The maximum atomic E-state index is 11.5. The fourth-order valence-corrected chi connectivity index (χ4v) is 2.11. The minimum absolute atomic E-state index is 0.0202. The van der Waals surface area contributed by atoms with Crippen molar-refractivity contribution >= 4 is 11.7 Å². The number of primary amides is 1. The Balaban J connectivity index is 3.51. The van der Waals surface area contributed by atoms with Gasteiger partial charge in [-0.3, -0.25) is 4.79 Å². The number of nitrogen functional groups attached to an aromatic ring is 1. The fraction of sp³-hybridized carbons (Fsp3) is 0.500. The van der Waals surface area contributed by atoms with Gasteiger partial charge < -0.3 is 16.0 Å². The van der Waals surface area contributed by atoms with Crippen molar-refractivity contribution in [2.45, 2.75) is 33.7 Å². The lowest BCUT2D eigenvalue weighted by molar-refractivity contribution is -0.122. The zero-order valence-corrected chi connectivity index (χ0v) is 10.6. The fourth-order valence-electron chi connectivity index (χ4n) is 2.11. The van der Waals surface area contributed by atoms with Crippen LogP contribution >= 0.6 is 0 Å². The zero-order valence-electron chi connectivity index (χ0n) is 10.6. The molecule has 17 heavy (non-hydrogen) atoms. The van der Waals surface area contributed by atoms with Crippen LogP contribution < -0.4 is 11.5 Å². The monoisotopic (exact) mass is 234 g/mol. The Morgan fingerprint density at radius 3 is 2.24 bits per heavy atom. The first kappa shape index (κ1) is 13.1. The molecule has 1 atom stereocenters. The maximum Gasteiger partial charge on any atom is 0.240 e. The first-order valence-corrected chi connectivity index (χ1v) is 5.49. The van der Waals surface area contributed by atoms with E-state index in [0.29, 0.717) is 11.4 Å². The largest absolute Gasteiger partial charge is 0.384 e. The van der Waals surface area contributed by atoms with Gasteiger partial charge >= 0.3 is 0 Å². The van der Waals surface area contributed by atoms with Gasteiger partial charge in [0.15, 0.2) is 0 Å². The van der Waals surface area contributed by atoms with Crippen LogP contribution in [0.25, 0.3) is 0 Å². The van der Waals surface area contributed by atoms with Crippen LogP contribution in [-0.4, -0.2) is 10.5 Å². The number of aromatic nitrogens is 1. The minimum atomic E-state index is -0.518. The van der Waals surface area contributed by atoms with Crippen LogP contribution in [0.5, 0.6) is 0 Å². The molecule has 1 aromatic rings. The normalized spacial score (nSPS) is 12.5. The Bertz CT molecular complexity index is 494. The van der Waals surface area contributed by atoms with E-state index in [1.165, 1.54) is 0 Å². The molecule has 5 heteroatoms. The van der Waals surface area contributed by atoms with Crippen LogP contribution in [0.4, 0.5) is 5.82 Å². The molecule has 0 aliphatic carbocycles. The first-order chi connectivity index (χ1) is 7.82. The van der Waals surface area contributed by atoms with Crippen molar-refractivity contribution in [1.82, 2.24) is 4.57 Å². The summed E-state index contributed by atoms with van der Waals surface area (Å²) in [7, 11) is 0. The highest BCUT2D eigenvalue weighted by atomic mass is 16.1. The number of amides is 1. The lowest BCUT2D eigenvalue weighted by Crippen LogP contribution is -2.31. The highest BCUT2D eigenvalue weighted by Crippen LogP contribution is 2.30. The van der Waals surface area contributed by atoms with Gasteiger partial charge in [0.1, 0.15) is 17.9 Å². The van der Waals surface area contributed by atoms with E-state index >= 15 is 0 Å². The summed E-state index contributed by atoms with van der Waals surface area (Å²) in [4.78, 5) is 11.5. The van der Waals surface area contributed by atoms with Crippen LogP contribution in [0.15, 0.2) is 0 Å². The van der Waals surface area contributed by atoms with E-state index in [4.69, 9.17) is 16.7 Å². The van der Waals surface area contributed by atoms with Gasteiger partial charge in [-0.1, -0.05) is 13.8 Å². The third-order valence-corrected chi connectivity index (χ3v) is 3.11. The summed E-state index contributed by atoms with van der Waals surface area (Å²) in [6.45, 7) is 7.45. The molecule has 0 aliphatic heterocycles. The average molecular weight is 234 g/mol. The summed E-state index contributed by atoms with van der Waals surface area (Å²) in [5, 5.41) is 9.04. The van der Waals surface area contributed by atoms with E-state index in [9.17, 15) is 4.79 Å². The molecule has 0 saturated carbocycles. The molecule has 1 amide bonds. The number of rotatable bonds is 3. The standard InChI is InChI=1S/C12H18N4O/c1-6(2)10(12(15)17)16-8(4)7(3)9(5-13)11(16)14/h6,10H,14H2,1-4H3,(H2,15,17). The molecule has 0 saturated heterocycles. The van der Waals surface area contributed by atoms with Crippen molar-refractivity contribution in [2.24, 2.45) is 11.7 Å². The van der Waals surface area contributed by atoms with E-state index in [0.717, 1.165) is 11.3 Å². The predicted molar refractivity (Wildman–Crippen MR) is 66.1 cm³/mol. The van der Waals surface area contributed by atoms with E-state index in [1.807, 2.05) is 27.7 Å². The summed E-state index contributed by atoms with van der Waals surface area (Å²) in [6.07, 6.45) is 0. The molecule has 0 aromatic carbocycles. The van der Waals surface area contributed by atoms with Crippen molar-refractivity contribution in [2.75, 3.05) is 5.73 Å². The Kier molecular flexibility index (Phi) is 3.47. The second kappa shape index (κ2) is 4.50. The quantitative estimate of drug-likeness (QED) is 0.823. The van der Waals surface area contributed by atoms with Crippen LogP contribution in [0.3, 0.4) is 0 Å². The topological polar surface area (TPSA) is 97.8 Å². The van der Waals surface area contributed by atoms with Gasteiger partial charge in [-0.2, -0.15) is 5.26 Å². The number of hydrogen-bond donors (Lipinski definition) is 2. The number of anilines is 1. The predicted octanol–water partition coefficient (Wildman–Crippen LogP) is 1.24. The second-order valence-electron chi connectivity index (χ2n) is 4.54. The number of carbonyl (C=O) groups excluding carboxylic acids is 1. The van der Waals surface area contributed by atoms with Crippen LogP contribution in [-0.2, 0) is 4.79 Å². The lowest BCUT2D eigenvalue weighted by atomic mass is 10.0. The van der Waals surface area contributed by atoms with Gasteiger partial charge in [0.2, 0.25) is 5.91 Å². The molecule has 5 nitrogen and oxygen atoms in total. The van der Waals surface area contributed by atoms with Crippen molar-refractivity contribution in [3.8, 4) is 6.07 Å². The van der Waals surface area contributed by atoms with Crippen LogP contribution in [0.1, 0.15) is 36.7 Å². The molecule has 1 unspecified atom stereocenters. The Hall–Kier alpha value is -1.96. The maximum absolute atomic E-state index is 11.5. The molecule has 1 rings (SSSR count). The van der Waals surface area contributed by atoms with Crippen molar-refractivity contribution < 1.29 is 4.79 Å². The third kappa shape index (κ3) is 1.98. The Morgan fingerprint density at radius 1 is 1.41 bits per heavy atom. The summed E-state index contributed by atoms with van der Waals surface area (Å²) >= 11 is 0. The lowest BCUT2D eigenvalue weighted by Gasteiger charge is -2.22. The first-order valence-electron chi connectivity index (χ1n) is 5.49.